The van der Waals surface area contributed by atoms with Crippen LogP contribution in [0.15, 0.2) is 24.5 Å². The van der Waals surface area contributed by atoms with Gasteiger partial charge < -0.3 is 9.64 Å². The van der Waals surface area contributed by atoms with Crippen LogP contribution in [0, 0.1) is 11.8 Å². The van der Waals surface area contributed by atoms with E-state index in [1.165, 1.54) is 18.4 Å². The molecule has 0 N–H and O–H groups in total. The third kappa shape index (κ3) is 3.72. The number of likely N-dealkylation sites (tertiary alicyclic amines) is 1. The highest BCUT2D eigenvalue weighted by Crippen LogP contribution is 2.32. The Morgan fingerprint density at radius 1 is 1.20 bits per heavy atom. The summed E-state index contributed by atoms with van der Waals surface area (Å²) in [6.45, 7) is 6.50. The van der Waals surface area contributed by atoms with Crippen LogP contribution in [0.1, 0.15) is 38.2 Å². The Hall–Kier alpha value is -1.46. The van der Waals surface area contributed by atoms with Crippen molar-refractivity contribution in [3.05, 3.63) is 30.1 Å². The summed E-state index contributed by atoms with van der Waals surface area (Å²) in [5, 5.41) is 0. The molecule has 2 unspecified atom stereocenters. The molecule has 4 rings (SSSR count). The molecule has 1 amide bonds. The molecule has 25 heavy (non-hydrogen) atoms. The molecule has 1 saturated carbocycles. The maximum absolute atomic E-state index is 13.0. The lowest BCUT2D eigenvalue weighted by molar-refractivity contribution is -0.136. The summed E-state index contributed by atoms with van der Waals surface area (Å²) in [5.41, 5.74) is 1.28. The second kappa shape index (κ2) is 7.42. The van der Waals surface area contributed by atoms with Gasteiger partial charge in [0.05, 0.1) is 18.8 Å². The lowest BCUT2D eigenvalue weighted by Crippen LogP contribution is -2.50. The van der Waals surface area contributed by atoms with Crippen LogP contribution in [0.2, 0.25) is 0 Å². The Morgan fingerprint density at radius 3 is 2.72 bits per heavy atom. The second-order valence-corrected chi connectivity index (χ2v) is 8.00. The molecule has 0 aromatic carbocycles. The van der Waals surface area contributed by atoms with Gasteiger partial charge in [-0.25, -0.2) is 0 Å². The van der Waals surface area contributed by atoms with Gasteiger partial charge in [-0.05, 0) is 49.3 Å². The molecular formula is C20H29N3O2. The van der Waals surface area contributed by atoms with Crippen LogP contribution in [0.5, 0.6) is 0 Å². The van der Waals surface area contributed by atoms with Crippen molar-refractivity contribution in [1.29, 1.82) is 0 Å². The van der Waals surface area contributed by atoms with Crippen molar-refractivity contribution in [2.24, 2.45) is 11.8 Å². The molecule has 5 heteroatoms. The van der Waals surface area contributed by atoms with E-state index in [9.17, 15) is 4.79 Å². The van der Waals surface area contributed by atoms with Crippen LogP contribution in [0.3, 0.4) is 0 Å². The number of aromatic nitrogens is 1. The van der Waals surface area contributed by atoms with Gasteiger partial charge in [-0.15, -0.1) is 0 Å². The van der Waals surface area contributed by atoms with Crippen LogP contribution >= 0.6 is 0 Å². The zero-order valence-corrected chi connectivity index (χ0v) is 15.1. The number of hydrogen-bond acceptors (Lipinski definition) is 4. The van der Waals surface area contributed by atoms with E-state index in [1.54, 1.807) is 0 Å². The molecule has 2 saturated heterocycles. The molecule has 2 aliphatic heterocycles. The number of carbonyl (C=O) groups is 1. The number of carbonyl (C=O) groups excluding carboxylic acids is 1. The molecular weight excluding hydrogens is 314 g/mol. The summed E-state index contributed by atoms with van der Waals surface area (Å²) in [4.78, 5) is 21.6. The smallest absolute Gasteiger partial charge is 0.225 e. The number of hydrogen-bond donors (Lipinski definition) is 0. The fourth-order valence-corrected chi connectivity index (χ4v) is 4.62. The number of pyridine rings is 1. The van der Waals surface area contributed by atoms with Crippen molar-refractivity contribution in [3.8, 4) is 0 Å². The van der Waals surface area contributed by atoms with E-state index in [4.69, 9.17) is 4.74 Å². The normalized spacial score (nSPS) is 33.2. The third-order valence-corrected chi connectivity index (χ3v) is 6.23. The molecule has 1 aromatic rings. The molecule has 3 fully saturated rings. The summed E-state index contributed by atoms with van der Waals surface area (Å²) in [5.74, 6) is 1.39. The fraction of sp³-hybridized carbons (Fsp3) is 0.700. The van der Waals surface area contributed by atoms with E-state index in [0.717, 1.165) is 51.5 Å². The van der Waals surface area contributed by atoms with Gasteiger partial charge in [0.15, 0.2) is 0 Å². The molecule has 3 aliphatic rings. The Kier molecular flexibility index (Phi) is 5.04. The number of fused-ring (bicyclic) bond motifs is 1. The molecule has 136 valence electrons. The van der Waals surface area contributed by atoms with E-state index in [2.05, 4.69) is 33.8 Å². The summed E-state index contributed by atoms with van der Waals surface area (Å²) >= 11 is 0. The van der Waals surface area contributed by atoms with E-state index in [-0.39, 0.29) is 12.0 Å². The minimum atomic E-state index is 0.169. The highest BCUT2D eigenvalue weighted by molar-refractivity contribution is 5.79. The Labute approximate surface area is 150 Å². The topological polar surface area (TPSA) is 45.7 Å². The summed E-state index contributed by atoms with van der Waals surface area (Å²) in [6, 6.07) is 4.48. The van der Waals surface area contributed by atoms with Gasteiger partial charge in [-0.1, -0.05) is 6.92 Å². The Morgan fingerprint density at radius 2 is 1.96 bits per heavy atom. The average Bonchev–Trinajstić information content (AvgIpc) is 3.08. The van der Waals surface area contributed by atoms with E-state index < -0.39 is 0 Å². The molecule has 2 atom stereocenters. The predicted octanol–water partition coefficient (Wildman–Crippen LogP) is 2.32. The first-order valence-electron chi connectivity index (χ1n) is 9.74. The molecule has 5 nitrogen and oxygen atoms in total. The number of rotatable bonds is 3. The van der Waals surface area contributed by atoms with Crippen molar-refractivity contribution in [3.63, 3.8) is 0 Å². The average molecular weight is 343 g/mol. The van der Waals surface area contributed by atoms with Crippen LogP contribution in [0.4, 0.5) is 0 Å². The van der Waals surface area contributed by atoms with Crippen molar-refractivity contribution < 1.29 is 9.53 Å². The predicted molar refractivity (Wildman–Crippen MR) is 95.9 cm³/mol. The fourth-order valence-electron chi connectivity index (χ4n) is 4.62. The zero-order valence-electron chi connectivity index (χ0n) is 15.1. The van der Waals surface area contributed by atoms with Crippen molar-refractivity contribution >= 4 is 5.91 Å². The molecule has 0 bridgehead atoms. The van der Waals surface area contributed by atoms with Gasteiger partial charge in [-0.3, -0.25) is 14.7 Å². The van der Waals surface area contributed by atoms with Gasteiger partial charge >= 0.3 is 0 Å². The van der Waals surface area contributed by atoms with Gasteiger partial charge in [0.1, 0.15) is 0 Å². The highest BCUT2D eigenvalue weighted by Gasteiger charge is 2.43. The third-order valence-electron chi connectivity index (χ3n) is 6.23. The second-order valence-electron chi connectivity index (χ2n) is 8.00. The maximum atomic E-state index is 13.0. The minimum absolute atomic E-state index is 0.169. The van der Waals surface area contributed by atoms with Gasteiger partial charge in [0.2, 0.25) is 5.91 Å². The first-order chi connectivity index (χ1) is 12.2. The lowest BCUT2D eigenvalue weighted by atomic mass is 9.82. The lowest BCUT2D eigenvalue weighted by Gasteiger charge is -2.36. The molecule has 1 aliphatic carbocycles. The highest BCUT2D eigenvalue weighted by atomic mass is 16.5. The summed E-state index contributed by atoms with van der Waals surface area (Å²) in [6.07, 6.45) is 8.38. The van der Waals surface area contributed by atoms with Crippen LogP contribution in [-0.4, -0.2) is 59.1 Å². The van der Waals surface area contributed by atoms with Crippen molar-refractivity contribution in [1.82, 2.24) is 14.8 Å². The number of nitrogens with zero attached hydrogens (tertiary/aromatic N) is 3. The van der Waals surface area contributed by atoms with E-state index in [0.29, 0.717) is 11.9 Å². The maximum Gasteiger partial charge on any atom is 0.225 e. The molecule has 0 radical (unpaired) electrons. The quantitative estimate of drug-likeness (QED) is 0.845. The van der Waals surface area contributed by atoms with E-state index >= 15 is 0 Å². The largest absolute Gasteiger partial charge is 0.373 e. The van der Waals surface area contributed by atoms with Crippen LogP contribution < -0.4 is 0 Å². The van der Waals surface area contributed by atoms with Crippen LogP contribution in [-0.2, 0) is 16.1 Å². The Balaban J connectivity index is 1.39. The molecule has 0 spiro atoms. The van der Waals surface area contributed by atoms with Gasteiger partial charge in [0, 0.05) is 44.5 Å². The van der Waals surface area contributed by atoms with E-state index in [1.807, 2.05) is 12.4 Å². The van der Waals surface area contributed by atoms with Gasteiger partial charge in [-0.2, -0.15) is 0 Å². The zero-order chi connectivity index (χ0) is 17.2. The Bertz CT molecular complexity index is 586. The molecule has 3 heterocycles. The monoisotopic (exact) mass is 343 g/mol. The number of morpholine rings is 1. The van der Waals surface area contributed by atoms with Crippen molar-refractivity contribution in [2.75, 3.05) is 26.2 Å². The SMILES string of the molecule is CC1CCC(C(=O)N2CC3OCCN(Cc4ccncc4)C3C2)CC1. The number of ether oxygens (including phenoxy) is 1. The summed E-state index contributed by atoms with van der Waals surface area (Å²) < 4.78 is 6.01. The summed E-state index contributed by atoms with van der Waals surface area (Å²) in [7, 11) is 0. The van der Waals surface area contributed by atoms with Gasteiger partial charge in [0.25, 0.3) is 0 Å². The number of amides is 1. The van der Waals surface area contributed by atoms with Crippen LogP contribution in [0.25, 0.3) is 0 Å². The first-order valence-corrected chi connectivity index (χ1v) is 9.74. The minimum Gasteiger partial charge on any atom is -0.373 e. The first kappa shape index (κ1) is 17.0. The molecule has 1 aromatic heterocycles. The van der Waals surface area contributed by atoms with Crippen molar-refractivity contribution in [2.45, 2.75) is 51.3 Å². The standard InChI is InChI=1S/C20H29N3O2/c1-15-2-4-17(5-3-15)20(24)23-13-18-19(14-23)25-11-10-22(18)12-16-6-8-21-9-7-16/h6-9,15,17-19H,2-5,10-14H2,1H3.